The van der Waals surface area contributed by atoms with Gasteiger partial charge in [0.25, 0.3) is 0 Å². The molecule has 0 aliphatic heterocycles. The highest BCUT2D eigenvalue weighted by Crippen LogP contribution is 2.60. The number of hydrogen-bond donors (Lipinski definition) is 1. The van der Waals surface area contributed by atoms with Crippen molar-refractivity contribution in [1.29, 1.82) is 0 Å². The van der Waals surface area contributed by atoms with Crippen LogP contribution in [0.5, 0.6) is 0 Å². The van der Waals surface area contributed by atoms with Crippen LogP contribution in [0.1, 0.15) is 33.8 Å². The Morgan fingerprint density at radius 1 is 1.22 bits per heavy atom. The Kier molecular flexibility index (Phi) is 3.98. The third kappa shape index (κ3) is 2.65. The fourth-order valence-electron chi connectivity index (χ4n) is 3.08. The lowest BCUT2D eigenvalue weighted by atomic mass is 9.90. The first-order valence-electron chi connectivity index (χ1n) is 7.17. The minimum absolute atomic E-state index is 0.0963. The van der Waals surface area contributed by atoms with E-state index in [1.54, 1.807) is 24.3 Å². The van der Waals surface area contributed by atoms with Crippen LogP contribution < -0.4 is 0 Å². The van der Waals surface area contributed by atoms with Crippen LogP contribution >= 0.6 is 15.9 Å². The first-order chi connectivity index (χ1) is 11.0. The van der Waals surface area contributed by atoms with Gasteiger partial charge < -0.3 is 9.84 Å². The molecule has 2 aromatic carbocycles. The predicted molar refractivity (Wildman–Crippen MR) is 88.6 cm³/mol. The van der Waals surface area contributed by atoms with Crippen molar-refractivity contribution in [2.24, 2.45) is 0 Å². The standard InChI is InChI=1S/C18H15BrO4/c1-23-16(20)12-7-5-11(6-8-12)15-10-18(15,17(21)22)13-3-2-4-14(19)9-13/h2-9,15H,10H2,1H3,(H,21,22)/t15-,18+/m1/s1. The molecule has 0 spiro atoms. The Morgan fingerprint density at radius 2 is 1.91 bits per heavy atom. The van der Waals surface area contributed by atoms with Crippen LogP contribution in [-0.4, -0.2) is 24.2 Å². The largest absolute Gasteiger partial charge is 0.481 e. The molecule has 5 heteroatoms. The molecular weight excluding hydrogens is 360 g/mol. The van der Waals surface area contributed by atoms with E-state index >= 15 is 0 Å². The lowest BCUT2D eigenvalue weighted by Crippen LogP contribution is -2.22. The Morgan fingerprint density at radius 3 is 2.48 bits per heavy atom. The zero-order chi connectivity index (χ0) is 16.6. The van der Waals surface area contributed by atoms with Crippen LogP contribution in [0.25, 0.3) is 0 Å². The second kappa shape index (κ2) is 5.81. The Bertz CT molecular complexity index is 769. The molecular formula is C18H15BrO4. The van der Waals surface area contributed by atoms with Gasteiger partial charge in [-0.25, -0.2) is 4.79 Å². The van der Waals surface area contributed by atoms with E-state index in [-0.39, 0.29) is 5.92 Å². The quantitative estimate of drug-likeness (QED) is 0.827. The molecule has 0 radical (unpaired) electrons. The van der Waals surface area contributed by atoms with Crippen molar-refractivity contribution in [3.05, 3.63) is 69.7 Å². The molecule has 2 aromatic rings. The van der Waals surface area contributed by atoms with Gasteiger partial charge in [0.1, 0.15) is 5.41 Å². The minimum Gasteiger partial charge on any atom is -0.481 e. The third-order valence-electron chi connectivity index (χ3n) is 4.42. The van der Waals surface area contributed by atoms with Gasteiger partial charge in [-0.15, -0.1) is 0 Å². The highest BCUT2D eigenvalue weighted by molar-refractivity contribution is 9.10. The molecule has 118 valence electrons. The molecule has 1 N–H and O–H groups in total. The number of ether oxygens (including phenoxy) is 1. The van der Waals surface area contributed by atoms with Crippen molar-refractivity contribution >= 4 is 27.9 Å². The van der Waals surface area contributed by atoms with Gasteiger partial charge in [0, 0.05) is 10.4 Å². The first kappa shape index (κ1) is 15.7. The van der Waals surface area contributed by atoms with Crippen LogP contribution in [0, 0.1) is 0 Å². The Labute approximate surface area is 142 Å². The van der Waals surface area contributed by atoms with E-state index in [4.69, 9.17) is 0 Å². The molecule has 1 fully saturated rings. The topological polar surface area (TPSA) is 63.6 Å². The fraction of sp³-hybridized carbons (Fsp3) is 0.222. The maximum Gasteiger partial charge on any atom is 0.337 e. The van der Waals surface area contributed by atoms with E-state index < -0.39 is 17.4 Å². The van der Waals surface area contributed by atoms with Crippen molar-refractivity contribution in [2.45, 2.75) is 17.8 Å². The van der Waals surface area contributed by atoms with Crippen molar-refractivity contribution < 1.29 is 19.4 Å². The molecule has 3 rings (SSSR count). The molecule has 0 unspecified atom stereocenters. The Balaban J connectivity index is 1.93. The molecule has 0 heterocycles. The summed E-state index contributed by atoms with van der Waals surface area (Å²) in [6.45, 7) is 0. The maximum atomic E-state index is 11.9. The summed E-state index contributed by atoms with van der Waals surface area (Å²) in [5.41, 5.74) is 1.28. The lowest BCUT2D eigenvalue weighted by molar-refractivity contribution is -0.140. The number of hydrogen-bond acceptors (Lipinski definition) is 3. The first-order valence-corrected chi connectivity index (χ1v) is 7.96. The lowest BCUT2D eigenvalue weighted by Gasteiger charge is -2.14. The van der Waals surface area contributed by atoms with Crippen molar-refractivity contribution in [1.82, 2.24) is 0 Å². The van der Waals surface area contributed by atoms with Gasteiger partial charge in [-0.3, -0.25) is 4.79 Å². The molecule has 0 bridgehead atoms. The van der Waals surface area contributed by atoms with E-state index in [0.29, 0.717) is 12.0 Å². The number of esters is 1. The van der Waals surface area contributed by atoms with Crippen molar-refractivity contribution in [3.63, 3.8) is 0 Å². The minimum atomic E-state index is -0.892. The molecule has 1 aliphatic rings. The summed E-state index contributed by atoms with van der Waals surface area (Å²) in [5.74, 6) is -1.32. The molecule has 2 atom stereocenters. The SMILES string of the molecule is COC(=O)c1ccc([C@H]2C[C@]2(C(=O)O)c2cccc(Br)c2)cc1. The summed E-state index contributed by atoms with van der Waals surface area (Å²) in [7, 11) is 1.33. The van der Waals surface area contributed by atoms with E-state index in [1.807, 2.05) is 24.3 Å². The summed E-state index contributed by atoms with van der Waals surface area (Å²) >= 11 is 3.40. The number of carboxylic acids is 1. The number of rotatable bonds is 4. The average Bonchev–Trinajstić information content (AvgIpc) is 3.31. The summed E-state index contributed by atoms with van der Waals surface area (Å²) in [4.78, 5) is 23.4. The second-order valence-electron chi connectivity index (χ2n) is 5.66. The second-order valence-corrected chi connectivity index (χ2v) is 6.57. The van der Waals surface area contributed by atoms with E-state index in [1.165, 1.54) is 7.11 Å². The van der Waals surface area contributed by atoms with Crippen LogP contribution in [0.15, 0.2) is 53.0 Å². The maximum absolute atomic E-state index is 11.9. The van der Waals surface area contributed by atoms with Crippen molar-refractivity contribution in [3.8, 4) is 0 Å². The van der Waals surface area contributed by atoms with E-state index in [9.17, 15) is 14.7 Å². The number of aliphatic carboxylic acids is 1. The van der Waals surface area contributed by atoms with Crippen LogP contribution in [0.2, 0.25) is 0 Å². The average molecular weight is 375 g/mol. The summed E-state index contributed by atoms with van der Waals surface area (Å²) in [5, 5.41) is 9.77. The number of methoxy groups -OCH3 is 1. The van der Waals surface area contributed by atoms with Gasteiger partial charge in [0.2, 0.25) is 0 Å². The van der Waals surface area contributed by atoms with Crippen LogP contribution in [-0.2, 0) is 14.9 Å². The molecule has 1 aliphatic carbocycles. The molecule has 0 aromatic heterocycles. The third-order valence-corrected chi connectivity index (χ3v) is 4.91. The number of carbonyl (C=O) groups excluding carboxylic acids is 1. The molecule has 0 saturated heterocycles. The molecule has 0 amide bonds. The van der Waals surface area contributed by atoms with Gasteiger partial charge in [-0.2, -0.15) is 0 Å². The highest BCUT2D eigenvalue weighted by Gasteiger charge is 2.62. The molecule has 1 saturated carbocycles. The zero-order valence-electron chi connectivity index (χ0n) is 12.5. The van der Waals surface area contributed by atoms with Gasteiger partial charge in [-0.05, 0) is 41.8 Å². The highest BCUT2D eigenvalue weighted by atomic mass is 79.9. The normalized spacial score (nSPS) is 22.4. The summed E-state index contributed by atoms with van der Waals surface area (Å²) in [6, 6.07) is 14.4. The van der Waals surface area contributed by atoms with Crippen LogP contribution in [0.3, 0.4) is 0 Å². The fourth-order valence-corrected chi connectivity index (χ4v) is 3.48. The van der Waals surface area contributed by atoms with E-state index in [0.717, 1.165) is 15.6 Å². The summed E-state index contributed by atoms with van der Waals surface area (Å²) in [6.07, 6.45) is 0.552. The zero-order valence-corrected chi connectivity index (χ0v) is 14.0. The summed E-state index contributed by atoms with van der Waals surface area (Å²) < 4.78 is 5.54. The number of benzene rings is 2. The van der Waals surface area contributed by atoms with Crippen molar-refractivity contribution in [2.75, 3.05) is 7.11 Å². The smallest absolute Gasteiger partial charge is 0.337 e. The van der Waals surface area contributed by atoms with E-state index in [2.05, 4.69) is 20.7 Å². The van der Waals surface area contributed by atoms with Gasteiger partial charge >= 0.3 is 11.9 Å². The monoisotopic (exact) mass is 374 g/mol. The molecule has 4 nitrogen and oxygen atoms in total. The number of carbonyl (C=O) groups is 2. The Hall–Kier alpha value is -2.14. The number of carboxylic acid groups (broad SMARTS) is 1. The van der Waals surface area contributed by atoms with Gasteiger partial charge in [0.05, 0.1) is 12.7 Å². The van der Waals surface area contributed by atoms with Gasteiger partial charge in [0.15, 0.2) is 0 Å². The molecule has 23 heavy (non-hydrogen) atoms. The number of halogens is 1. The predicted octanol–water partition coefficient (Wildman–Crippen LogP) is 3.75. The van der Waals surface area contributed by atoms with Crippen LogP contribution in [0.4, 0.5) is 0 Å². The van der Waals surface area contributed by atoms with Gasteiger partial charge in [-0.1, -0.05) is 40.2 Å².